The van der Waals surface area contributed by atoms with E-state index in [4.69, 9.17) is 0 Å². The van der Waals surface area contributed by atoms with Crippen LogP contribution in [0.15, 0.2) is 11.4 Å². The molecule has 0 unspecified atom stereocenters. The first-order valence-corrected chi connectivity index (χ1v) is 4.07. The zero-order valence-electron chi connectivity index (χ0n) is 5.90. The van der Waals surface area contributed by atoms with E-state index in [1.165, 1.54) is 5.38 Å². The second kappa shape index (κ2) is 2.85. The molecule has 0 aliphatic carbocycles. The predicted octanol–water partition coefficient (Wildman–Crippen LogP) is 3.33. The van der Waals surface area contributed by atoms with Gasteiger partial charge in [0.2, 0.25) is 0 Å². The summed E-state index contributed by atoms with van der Waals surface area (Å²) in [5.74, 6) is 0. The SMILES string of the molecule is CCc1sccc1C(F)(F)F. The minimum atomic E-state index is -4.18. The van der Waals surface area contributed by atoms with Gasteiger partial charge in [0.1, 0.15) is 0 Å². The molecule has 0 nitrogen and oxygen atoms in total. The summed E-state index contributed by atoms with van der Waals surface area (Å²) in [6.07, 6.45) is -3.72. The smallest absolute Gasteiger partial charge is 0.166 e. The molecule has 0 aliphatic rings. The Morgan fingerprint density at radius 3 is 2.45 bits per heavy atom. The Morgan fingerprint density at radius 1 is 1.45 bits per heavy atom. The van der Waals surface area contributed by atoms with Gasteiger partial charge in [-0.1, -0.05) is 6.92 Å². The van der Waals surface area contributed by atoms with E-state index in [1.54, 1.807) is 6.92 Å². The number of alkyl halides is 3. The van der Waals surface area contributed by atoms with Crippen LogP contribution < -0.4 is 0 Å². The van der Waals surface area contributed by atoms with E-state index in [0.717, 1.165) is 17.4 Å². The van der Waals surface area contributed by atoms with Crippen molar-refractivity contribution in [1.82, 2.24) is 0 Å². The Labute approximate surface area is 66.7 Å². The van der Waals surface area contributed by atoms with Crippen molar-refractivity contribution in [1.29, 1.82) is 0 Å². The quantitative estimate of drug-likeness (QED) is 0.621. The van der Waals surface area contributed by atoms with Crippen molar-refractivity contribution in [2.24, 2.45) is 0 Å². The lowest BCUT2D eigenvalue weighted by Crippen LogP contribution is -2.05. The van der Waals surface area contributed by atoms with E-state index in [1.807, 2.05) is 0 Å². The average molecular weight is 180 g/mol. The lowest BCUT2D eigenvalue weighted by Gasteiger charge is -2.05. The summed E-state index contributed by atoms with van der Waals surface area (Å²) < 4.78 is 36.2. The molecule has 1 aromatic rings. The van der Waals surface area contributed by atoms with Crippen LogP contribution in [-0.4, -0.2) is 0 Å². The van der Waals surface area contributed by atoms with Gasteiger partial charge in [0.25, 0.3) is 0 Å². The highest BCUT2D eigenvalue weighted by molar-refractivity contribution is 7.10. The molecular formula is C7H7F3S. The van der Waals surface area contributed by atoms with E-state index < -0.39 is 11.7 Å². The minimum absolute atomic E-state index is 0.414. The standard InChI is InChI=1S/C7H7F3S/c1-2-6-5(3-4-11-6)7(8,9)10/h3-4H,2H2,1H3. The molecule has 1 rings (SSSR count). The van der Waals surface area contributed by atoms with E-state index in [2.05, 4.69) is 0 Å². The van der Waals surface area contributed by atoms with Gasteiger partial charge in [-0.3, -0.25) is 0 Å². The van der Waals surface area contributed by atoms with Crippen LogP contribution in [0.4, 0.5) is 13.2 Å². The zero-order chi connectivity index (χ0) is 8.48. The van der Waals surface area contributed by atoms with Crippen LogP contribution in [0.25, 0.3) is 0 Å². The van der Waals surface area contributed by atoms with Crippen molar-refractivity contribution in [2.75, 3.05) is 0 Å². The molecule has 1 aromatic heterocycles. The van der Waals surface area contributed by atoms with Crippen LogP contribution in [0, 0.1) is 0 Å². The number of halogens is 3. The number of hydrogen-bond donors (Lipinski definition) is 0. The first-order valence-electron chi connectivity index (χ1n) is 3.19. The Kier molecular flexibility index (Phi) is 2.23. The van der Waals surface area contributed by atoms with Gasteiger partial charge >= 0.3 is 6.18 Å². The molecule has 0 aliphatic heterocycles. The third-order valence-corrected chi connectivity index (χ3v) is 2.44. The van der Waals surface area contributed by atoms with Gasteiger partial charge in [-0.25, -0.2) is 0 Å². The van der Waals surface area contributed by atoms with Gasteiger partial charge in [0.05, 0.1) is 5.56 Å². The maximum atomic E-state index is 12.1. The van der Waals surface area contributed by atoms with Gasteiger partial charge < -0.3 is 0 Å². The first kappa shape index (κ1) is 8.59. The molecule has 0 bridgehead atoms. The largest absolute Gasteiger partial charge is 0.417 e. The molecule has 4 heteroatoms. The molecule has 0 spiro atoms. The predicted molar refractivity (Wildman–Crippen MR) is 38.7 cm³/mol. The maximum absolute atomic E-state index is 12.1. The molecule has 0 saturated carbocycles. The molecule has 0 N–H and O–H groups in total. The summed E-state index contributed by atoms with van der Waals surface area (Å²) >= 11 is 1.16. The van der Waals surface area contributed by atoms with Gasteiger partial charge in [-0.15, -0.1) is 11.3 Å². The third kappa shape index (κ3) is 1.74. The molecule has 0 aromatic carbocycles. The summed E-state index contributed by atoms with van der Waals surface area (Å²) in [7, 11) is 0. The zero-order valence-corrected chi connectivity index (χ0v) is 6.72. The van der Waals surface area contributed by atoms with E-state index in [0.29, 0.717) is 11.3 Å². The number of rotatable bonds is 1. The van der Waals surface area contributed by atoms with E-state index in [9.17, 15) is 13.2 Å². The fraction of sp³-hybridized carbons (Fsp3) is 0.429. The highest BCUT2D eigenvalue weighted by Gasteiger charge is 2.33. The monoisotopic (exact) mass is 180 g/mol. The van der Waals surface area contributed by atoms with Crippen LogP contribution in [0.2, 0.25) is 0 Å². The average Bonchev–Trinajstić information content (AvgIpc) is 2.31. The molecule has 0 amide bonds. The van der Waals surface area contributed by atoms with Crippen LogP contribution >= 0.6 is 11.3 Å². The summed E-state index contributed by atoms with van der Waals surface area (Å²) in [4.78, 5) is 0.414. The van der Waals surface area contributed by atoms with Crippen molar-refractivity contribution < 1.29 is 13.2 Å². The van der Waals surface area contributed by atoms with Gasteiger partial charge in [0.15, 0.2) is 0 Å². The summed E-state index contributed by atoms with van der Waals surface area (Å²) in [6.45, 7) is 1.72. The Bertz CT molecular complexity index is 236. The number of aryl methyl sites for hydroxylation is 1. The van der Waals surface area contributed by atoms with Crippen LogP contribution in [0.3, 0.4) is 0 Å². The van der Waals surface area contributed by atoms with Crippen LogP contribution in [-0.2, 0) is 12.6 Å². The van der Waals surface area contributed by atoms with Crippen molar-refractivity contribution in [3.63, 3.8) is 0 Å². The van der Waals surface area contributed by atoms with Gasteiger partial charge in [0, 0.05) is 4.88 Å². The highest BCUT2D eigenvalue weighted by Crippen LogP contribution is 2.34. The molecule has 1 heterocycles. The fourth-order valence-corrected chi connectivity index (χ4v) is 1.71. The number of hydrogen-bond acceptors (Lipinski definition) is 1. The highest BCUT2D eigenvalue weighted by atomic mass is 32.1. The van der Waals surface area contributed by atoms with Crippen molar-refractivity contribution in [2.45, 2.75) is 19.5 Å². The van der Waals surface area contributed by atoms with Crippen LogP contribution in [0.5, 0.6) is 0 Å². The molecule has 0 radical (unpaired) electrons. The molecule has 0 fully saturated rings. The second-order valence-corrected chi connectivity index (χ2v) is 3.11. The van der Waals surface area contributed by atoms with Crippen LogP contribution in [0.1, 0.15) is 17.4 Å². The lowest BCUT2D eigenvalue weighted by atomic mass is 10.2. The Hall–Kier alpha value is -0.510. The van der Waals surface area contributed by atoms with E-state index in [-0.39, 0.29) is 0 Å². The van der Waals surface area contributed by atoms with Crippen molar-refractivity contribution >= 4 is 11.3 Å². The Balaban J connectivity index is 3.02. The van der Waals surface area contributed by atoms with Gasteiger partial charge in [-0.05, 0) is 17.9 Å². The molecule has 0 atom stereocenters. The topological polar surface area (TPSA) is 0 Å². The summed E-state index contributed by atoms with van der Waals surface area (Å²) in [6, 6.07) is 1.13. The molecule has 62 valence electrons. The summed E-state index contributed by atoms with van der Waals surface area (Å²) in [5.41, 5.74) is -0.481. The normalized spacial score (nSPS) is 12.0. The first-order chi connectivity index (χ1) is 5.05. The maximum Gasteiger partial charge on any atom is 0.417 e. The molecule has 11 heavy (non-hydrogen) atoms. The Morgan fingerprint density at radius 2 is 2.09 bits per heavy atom. The fourth-order valence-electron chi connectivity index (χ4n) is 0.867. The third-order valence-electron chi connectivity index (χ3n) is 1.37. The number of thiophene rings is 1. The molecule has 0 saturated heterocycles. The van der Waals surface area contributed by atoms with E-state index >= 15 is 0 Å². The second-order valence-electron chi connectivity index (χ2n) is 2.11. The van der Waals surface area contributed by atoms with Crippen molar-refractivity contribution in [3.8, 4) is 0 Å². The van der Waals surface area contributed by atoms with Gasteiger partial charge in [-0.2, -0.15) is 13.2 Å². The molecular weight excluding hydrogens is 173 g/mol. The lowest BCUT2D eigenvalue weighted by molar-refractivity contribution is -0.137. The minimum Gasteiger partial charge on any atom is -0.166 e. The summed E-state index contributed by atoms with van der Waals surface area (Å²) in [5, 5.41) is 1.47. The van der Waals surface area contributed by atoms with Crippen molar-refractivity contribution in [3.05, 3.63) is 21.9 Å².